The van der Waals surface area contributed by atoms with Gasteiger partial charge in [-0.25, -0.2) is 4.99 Å². The summed E-state index contributed by atoms with van der Waals surface area (Å²) in [4.78, 5) is 4.39. The van der Waals surface area contributed by atoms with E-state index in [9.17, 15) is 5.21 Å². The summed E-state index contributed by atoms with van der Waals surface area (Å²) in [5.41, 5.74) is 19.5. The Balaban J connectivity index is 1.81. The molecule has 0 aliphatic carbocycles. The monoisotopic (exact) mass is 311 g/mol. The van der Waals surface area contributed by atoms with Gasteiger partial charge < -0.3 is 16.8 Å². The van der Waals surface area contributed by atoms with Gasteiger partial charge in [0.15, 0.2) is 0 Å². The molecular weight excluding hydrogens is 294 g/mol. The van der Waals surface area contributed by atoms with Gasteiger partial charge in [0, 0.05) is 23.1 Å². The lowest BCUT2D eigenvalue weighted by molar-refractivity contribution is -0.155. The molecule has 0 unspecified atom stereocenters. The molecule has 23 heavy (non-hydrogen) atoms. The highest BCUT2D eigenvalue weighted by molar-refractivity contribution is 5.95. The molecule has 118 valence electrons. The molecule has 8 heteroatoms. The van der Waals surface area contributed by atoms with E-state index in [0.717, 1.165) is 11.0 Å². The van der Waals surface area contributed by atoms with Crippen molar-refractivity contribution in [3.63, 3.8) is 0 Å². The van der Waals surface area contributed by atoms with E-state index in [1.54, 1.807) is 42.5 Å². The normalized spacial score (nSPS) is 16.4. The van der Waals surface area contributed by atoms with Crippen molar-refractivity contribution < 1.29 is 5.21 Å². The highest BCUT2D eigenvalue weighted by atomic mass is 16.6. The molecule has 3 rings (SSSR count). The SMILES string of the molecule is Nc1ccc(N=C2C=C(Nc3ccc(N)cc3)NN(O)N2)cc1. The van der Waals surface area contributed by atoms with Crippen molar-refractivity contribution >= 4 is 28.6 Å². The smallest absolute Gasteiger partial charge is 0.147 e. The van der Waals surface area contributed by atoms with Gasteiger partial charge in [-0.1, -0.05) is 0 Å². The number of nitrogens with one attached hydrogen (secondary N) is 3. The molecular formula is C15H17N7O. The number of amidine groups is 1. The van der Waals surface area contributed by atoms with Crippen molar-refractivity contribution in [2.75, 3.05) is 16.8 Å². The number of benzene rings is 2. The minimum Gasteiger partial charge on any atom is -0.399 e. The van der Waals surface area contributed by atoms with Crippen molar-refractivity contribution in [3.05, 3.63) is 60.4 Å². The Hall–Kier alpha value is -3.23. The molecule has 0 saturated carbocycles. The number of hydrazine groups is 2. The lowest BCUT2D eigenvalue weighted by Crippen LogP contribution is -2.52. The second-order valence-corrected chi connectivity index (χ2v) is 4.93. The molecule has 2 aromatic carbocycles. The van der Waals surface area contributed by atoms with Crippen molar-refractivity contribution in [1.82, 2.24) is 16.1 Å². The number of anilines is 3. The number of hydrogen-bond donors (Lipinski definition) is 6. The van der Waals surface area contributed by atoms with Gasteiger partial charge >= 0.3 is 0 Å². The fraction of sp³-hybridized carbons (Fsp3) is 0. The fourth-order valence-corrected chi connectivity index (χ4v) is 1.98. The van der Waals surface area contributed by atoms with E-state index in [2.05, 4.69) is 21.2 Å². The first-order valence-electron chi connectivity index (χ1n) is 6.89. The molecule has 8 nitrogen and oxygen atoms in total. The first kappa shape index (κ1) is 14.7. The maximum atomic E-state index is 9.70. The van der Waals surface area contributed by atoms with Crippen LogP contribution in [-0.4, -0.2) is 16.3 Å². The van der Waals surface area contributed by atoms with Crippen LogP contribution in [0.3, 0.4) is 0 Å². The van der Waals surface area contributed by atoms with Gasteiger partial charge in [-0.05, 0) is 53.8 Å². The van der Waals surface area contributed by atoms with Crippen LogP contribution in [0, 0.1) is 0 Å². The third-order valence-corrected chi connectivity index (χ3v) is 3.06. The lowest BCUT2D eigenvalue weighted by atomic mass is 10.3. The van der Waals surface area contributed by atoms with E-state index >= 15 is 0 Å². The first-order valence-corrected chi connectivity index (χ1v) is 6.89. The fourth-order valence-electron chi connectivity index (χ4n) is 1.98. The van der Waals surface area contributed by atoms with Crippen LogP contribution in [0.1, 0.15) is 0 Å². The van der Waals surface area contributed by atoms with Gasteiger partial charge in [-0.3, -0.25) is 16.1 Å². The van der Waals surface area contributed by atoms with E-state index in [1.807, 2.05) is 12.1 Å². The van der Waals surface area contributed by atoms with Crippen molar-refractivity contribution in [3.8, 4) is 0 Å². The average molecular weight is 311 g/mol. The topological polar surface area (TPSA) is 124 Å². The Labute approximate surface area is 133 Å². The summed E-state index contributed by atoms with van der Waals surface area (Å²) in [6.45, 7) is 0. The summed E-state index contributed by atoms with van der Waals surface area (Å²) in [6, 6.07) is 14.3. The molecule has 2 aromatic rings. The van der Waals surface area contributed by atoms with E-state index in [4.69, 9.17) is 11.5 Å². The van der Waals surface area contributed by atoms with Gasteiger partial charge in [0.25, 0.3) is 0 Å². The number of nitrogens with two attached hydrogens (primary N) is 2. The van der Waals surface area contributed by atoms with Crippen LogP contribution in [0.4, 0.5) is 22.7 Å². The molecule has 0 spiro atoms. The van der Waals surface area contributed by atoms with Crippen LogP contribution in [0.15, 0.2) is 65.4 Å². The standard InChI is InChI=1S/C15H17N7O/c16-10-1-5-12(6-2-10)18-14-9-15(21-22(23)20-14)19-13-7-3-11(17)4-8-13/h1-9,18,20,23H,16-17H2,(H,19,21). The summed E-state index contributed by atoms with van der Waals surface area (Å²) in [5.74, 6) is 0.999. The number of nitrogens with zero attached hydrogens (tertiary/aromatic N) is 2. The molecule has 0 saturated heterocycles. The van der Waals surface area contributed by atoms with Crippen LogP contribution in [0.5, 0.6) is 0 Å². The summed E-state index contributed by atoms with van der Waals surface area (Å²) < 4.78 is 0. The van der Waals surface area contributed by atoms with Crippen molar-refractivity contribution in [2.45, 2.75) is 0 Å². The van der Waals surface area contributed by atoms with Crippen LogP contribution in [-0.2, 0) is 0 Å². The van der Waals surface area contributed by atoms with E-state index < -0.39 is 0 Å². The van der Waals surface area contributed by atoms with Gasteiger partial charge in [0.05, 0.1) is 5.69 Å². The second-order valence-electron chi connectivity index (χ2n) is 4.93. The summed E-state index contributed by atoms with van der Waals surface area (Å²) in [7, 11) is 0. The van der Waals surface area contributed by atoms with Gasteiger partial charge in [0.2, 0.25) is 0 Å². The minimum absolute atomic E-state index is 0.453. The molecule has 0 bridgehead atoms. The third kappa shape index (κ3) is 3.90. The largest absolute Gasteiger partial charge is 0.399 e. The first-order chi connectivity index (χ1) is 11.1. The molecule has 0 fully saturated rings. The second kappa shape index (κ2) is 6.26. The Bertz CT molecular complexity index is 737. The molecule has 8 N–H and O–H groups in total. The molecule has 1 heterocycles. The molecule has 0 aromatic heterocycles. The Morgan fingerprint density at radius 1 is 0.913 bits per heavy atom. The van der Waals surface area contributed by atoms with Crippen molar-refractivity contribution in [2.24, 2.45) is 4.99 Å². The Morgan fingerprint density at radius 3 is 2.17 bits per heavy atom. The number of hydrogen-bond acceptors (Lipinski definition) is 7. The third-order valence-electron chi connectivity index (χ3n) is 3.06. The summed E-state index contributed by atoms with van der Waals surface area (Å²) in [5, 5.41) is 13.5. The lowest BCUT2D eigenvalue weighted by Gasteiger charge is -2.26. The van der Waals surface area contributed by atoms with E-state index in [1.165, 1.54) is 0 Å². The van der Waals surface area contributed by atoms with Crippen molar-refractivity contribution in [1.29, 1.82) is 0 Å². The predicted octanol–water partition coefficient (Wildman–Crippen LogP) is 1.55. The van der Waals surface area contributed by atoms with Crippen LogP contribution in [0.25, 0.3) is 0 Å². The average Bonchev–Trinajstić information content (AvgIpc) is 2.51. The molecule has 0 amide bonds. The van der Waals surface area contributed by atoms with E-state index in [-0.39, 0.29) is 0 Å². The zero-order valence-electron chi connectivity index (χ0n) is 12.2. The zero-order chi connectivity index (χ0) is 16.2. The zero-order valence-corrected chi connectivity index (χ0v) is 12.2. The highest BCUT2D eigenvalue weighted by Crippen LogP contribution is 2.16. The van der Waals surface area contributed by atoms with Crippen LogP contribution >= 0.6 is 0 Å². The van der Waals surface area contributed by atoms with Crippen LogP contribution < -0.4 is 27.6 Å². The predicted molar refractivity (Wildman–Crippen MR) is 90.4 cm³/mol. The van der Waals surface area contributed by atoms with Gasteiger partial charge in [-0.2, -0.15) is 0 Å². The Morgan fingerprint density at radius 2 is 1.52 bits per heavy atom. The molecule has 0 atom stereocenters. The van der Waals surface area contributed by atoms with Gasteiger partial charge in [0.1, 0.15) is 11.7 Å². The van der Waals surface area contributed by atoms with Crippen LogP contribution in [0.2, 0.25) is 0 Å². The molecule has 1 aliphatic heterocycles. The number of aliphatic imine (C=N–C) groups is 1. The van der Waals surface area contributed by atoms with E-state index in [0.29, 0.717) is 28.7 Å². The Kier molecular flexibility index (Phi) is 4.00. The number of rotatable bonds is 3. The number of nitrogen functional groups attached to an aromatic ring is 2. The summed E-state index contributed by atoms with van der Waals surface area (Å²) in [6.07, 6.45) is 1.72. The highest BCUT2D eigenvalue weighted by Gasteiger charge is 2.13. The minimum atomic E-state index is 0.453. The molecule has 0 radical (unpaired) electrons. The maximum Gasteiger partial charge on any atom is 0.147 e. The quantitative estimate of drug-likeness (QED) is 0.475. The molecule has 1 aliphatic rings. The maximum absolute atomic E-state index is 9.70. The summed E-state index contributed by atoms with van der Waals surface area (Å²) >= 11 is 0. The van der Waals surface area contributed by atoms with Gasteiger partial charge in [-0.15, -0.1) is 0 Å².